The zero-order valence-corrected chi connectivity index (χ0v) is 86.7. The second-order valence-electron chi connectivity index (χ2n) is 24.7. The molecule has 0 unspecified atom stereocenters. The molecule has 840 valence electrons. The van der Waals surface area contributed by atoms with Crippen molar-refractivity contribution in [1.29, 1.82) is 0 Å². The number of aliphatic carboxylic acids is 26. The maximum atomic E-state index is 9.60. The largest absolute Gasteiger partial charge is 0.481 e. The van der Waals surface area contributed by atoms with E-state index in [2.05, 4.69) is 0 Å². The lowest BCUT2D eigenvalue weighted by molar-refractivity contribution is -0.138. The van der Waals surface area contributed by atoms with E-state index in [1.54, 1.807) is 0 Å². The monoisotopic (exact) mass is 2070 g/mol. The van der Waals surface area contributed by atoms with Crippen molar-refractivity contribution < 1.29 is 257 Å². The molecule has 0 spiro atoms. The number of carbonyl (C=O) groups is 26. The molecule has 0 atom stereocenters. The van der Waals surface area contributed by atoms with Crippen LogP contribution in [0.1, 0.15) is 411 Å². The van der Waals surface area contributed by atoms with Gasteiger partial charge in [-0.1, -0.05) is 125 Å². The first kappa shape index (κ1) is 197. The summed E-state index contributed by atoms with van der Waals surface area (Å²) in [6.45, 7) is 41.8. The second kappa shape index (κ2) is 192. The third-order valence-corrected chi connectivity index (χ3v) is 8.35. The van der Waals surface area contributed by atoms with Crippen LogP contribution in [0.2, 0.25) is 0 Å². The number of carboxylic acids is 26. The predicted octanol–water partition coefficient (Wildman–Crippen LogP) is 16.4. The lowest BCUT2D eigenvalue weighted by atomic mass is 10.4. The van der Waals surface area contributed by atoms with Crippen LogP contribution in [0.3, 0.4) is 0 Å². The van der Waals surface area contributed by atoms with Crippen LogP contribution in [0.4, 0.5) is 0 Å². The highest BCUT2D eigenvalue weighted by Crippen LogP contribution is 1.91. The van der Waals surface area contributed by atoms with E-state index in [-0.39, 0.29) is 0 Å². The van der Waals surface area contributed by atoms with Gasteiger partial charge in [0.2, 0.25) is 0 Å². The van der Waals surface area contributed by atoms with Gasteiger partial charge in [-0.15, -0.1) is 0 Å². The van der Waals surface area contributed by atoms with E-state index in [0.717, 1.165) is 171 Å². The molecule has 0 saturated carbocycles. The first-order chi connectivity index (χ1) is 63.7. The Morgan fingerprint density at radius 2 is 0.114 bits per heavy atom. The van der Waals surface area contributed by atoms with Gasteiger partial charge in [0.1, 0.15) is 0 Å². The van der Waals surface area contributed by atoms with Crippen LogP contribution < -0.4 is 0 Å². The first-order valence-corrected chi connectivity index (χ1v) is 43.2. The first-order valence-electron chi connectivity index (χ1n) is 43.2. The molecule has 0 aliphatic carbocycles. The van der Waals surface area contributed by atoms with Crippen LogP contribution in [0.25, 0.3) is 0 Å². The maximum Gasteiger partial charge on any atom is 0.303 e. The Balaban J connectivity index is -0.0000000403. The average molecular weight is 2070 g/mol. The molecular formula is C88H176O52. The van der Waals surface area contributed by atoms with Crippen LogP contribution in [-0.4, -0.2) is 288 Å². The fraction of sp³-hybridized carbons (Fsp3) is 0.705. The minimum absolute atomic E-state index is 0.292. The van der Waals surface area contributed by atoms with Gasteiger partial charge in [-0.2, -0.15) is 0 Å². The topological polar surface area (TPSA) is 970 Å². The predicted molar refractivity (Wildman–Crippen MR) is 512 cm³/mol. The summed E-state index contributed by atoms with van der Waals surface area (Å²) in [5, 5.41) is 202. The van der Waals surface area contributed by atoms with Crippen molar-refractivity contribution >= 4 is 155 Å². The number of hydrogen-bond acceptors (Lipinski definition) is 26. The van der Waals surface area contributed by atoms with E-state index < -0.39 is 155 Å². The number of rotatable bonds is 36. The molecule has 52 heteroatoms. The normalized spacial score (nSPS) is 7.73. The van der Waals surface area contributed by atoms with Crippen LogP contribution >= 0.6 is 0 Å². The summed E-state index contributed by atoms with van der Waals surface area (Å²) >= 11 is 0. The van der Waals surface area contributed by atoms with E-state index >= 15 is 0 Å². The molecule has 140 heavy (non-hydrogen) atoms. The van der Waals surface area contributed by atoms with Gasteiger partial charge in [-0.05, 0) is 116 Å². The van der Waals surface area contributed by atoms with Gasteiger partial charge in [0, 0.05) is 171 Å². The molecular weight excluding hydrogens is 1890 g/mol. The van der Waals surface area contributed by atoms with Crippen molar-refractivity contribution in [2.75, 3.05) is 0 Å². The SMILES string of the molecule is CC(=O)O.CC(=O)O.CC(=O)O.CC(=O)O.CC(=O)O.CC(=O)O.CC(=O)O.CC(=O)O.CCCC(=O)O.CCCC(=O)O.CCCC(=O)O.CCCC(=O)O.CCCC(=O)O.CCCC(=O)O.CCCC(=O)O.CCCC(=O)O.CCCC(=O)O.CCCC(=O)O.CCCC(=O)O.CCCC(=O)O.CCCC(=O)O.CCCC(=O)O.CCCC(=O)O.CCCC(=O)O.CCCC(=O)O.CCCC(=O)O. The van der Waals surface area contributed by atoms with Crippen LogP contribution in [0.15, 0.2) is 0 Å². The zero-order valence-electron chi connectivity index (χ0n) is 86.7. The lowest BCUT2D eigenvalue weighted by Gasteiger charge is -1.79. The van der Waals surface area contributed by atoms with Crippen LogP contribution in [0.5, 0.6) is 0 Å². The molecule has 0 amide bonds. The van der Waals surface area contributed by atoms with Gasteiger partial charge in [0.25, 0.3) is 47.8 Å². The van der Waals surface area contributed by atoms with Crippen molar-refractivity contribution in [1.82, 2.24) is 0 Å². The Hall–Kier alpha value is -13.8. The van der Waals surface area contributed by atoms with E-state index in [1.165, 1.54) is 0 Å². The van der Waals surface area contributed by atoms with E-state index in [1.807, 2.05) is 125 Å². The molecule has 52 nitrogen and oxygen atoms in total. The van der Waals surface area contributed by atoms with E-state index in [4.69, 9.17) is 171 Å². The fourth-order valence-electron chi connectivity index (χ4n) is 3.85. The Morgan fingerprint density at radius 3 is 0.114 bits per heavy atom. The van der Waals surface area contributed by atoms with Gasteiger partial charge in [-0.25, -0.2) is 0 Å². The molecule has 0 aromatic carbocycles. The van der Waals surface area contributed by atoms with Gasteiger partial charge in [0.15, 0.2) is 0 Å². The molecule has 0 saturated heterocycles. The van der Waals surface area contributed by atoms with E-state index in [0.29, 0.717) is 116 Å². The highest BCUT2D eigenvalue weighted by atomic mass is 16.4. The summed E-state index contributed by atoms with van der Waals surface area (Å²) in [5.74, 6) is -19.5. The Labute approximate surface area is 820 Å². The van der Waals surface area contributed by atoms with Gasteiger partial charge in [0.05, 0.1) is 0 Å². The molecule has 26 N–H and O–H groups in total. The molecule has 0 aliphatic rings. The smallest absolute Gasteiger partial charge is 0.303 e. The molecule has 0 heterocycles. The number of carboxylic acid groups (broad SMARTS) is 26. The van der Waals surface area contributed by atoms with Gasteiger partial charge >= 0.3 is 107 Å². The summed E-state index contributed by atoms with van der Waals surface area (Å²) in [4.78, 5) is 245. The molecule has 0 aromatic heterocycles. The maximum absolute atomic E-state index is 9.60. The molecule has 0 radical (unpaired) electrons. The van der Waals surface area contributed by atoms with E-state index in [9.17, 15) is 86.3 Å². The average Bonchev–Trinajstić information content (AvgIpc) is 1.29. The van der Waals surface area contributed by atoms with Crippen molar-refractivity contribution in [3.05, 3.63) is 0 Å². The van der Waals surface area contributed by atoms with Crippen LogP contribution in [0, 0.1) is 0 Å². The Morgan fingerprint density at radius 1 is 0.0929 bits per heavy atom. The second-order valence-corrected chi connectivity index (χ2v) is 24.7. The highest BCUT2D eigenvalue weighted by Gasteiger charge is 1.97. The van der Waals surface area contributed by atoms with Crippen molar-refractivity contribution in [3.63, 3.8) is 0 Å². The highest BCUT2D eigenvalue weighted by molar-refractivity contribution is 5.72. The molecule has 0 fully saturated rings. The van der Waals surface area contributed by atoms with Crippen LogP contribution in [-0.2, 0) is 125 Å². The van der Waals surface area contributed by atoms with Crippen molar-refractivity contribution in [2.45, 2.75) is 411 Å². The minimum atomic E-state index is -0.833. The quantitative estimate of drug-likeness (QED) is 0.0277. The molecule has 0 aliphatic heterocycles. The summed E-state index contributed by atoms with van der Waals surface area (Å²) in [5.41, 5.74) is 0. The number of hydrogen-bond donors (Lipinski definition) is 26. The third-order valence-electron chi connectivity index (χ3n) is 8.35. The summed E-state index contributed by atoms with van der Waals surface area (Å²) in [7, 11) is 0. The molecule has 0 bridgehead atoms. The van der Waals surface area contributed by atoms with Crippen molar-refractivity contribution in [3.8, 4) is 0 Å². The standard InChI is InChI=1S/18C4H8O2.8C2H4O2/c18*1-2-3-4(5)6;8*1-2(3)4/h18*2-3H2,1H3,(H,5,6);8*1H3,(H,3,4). The Bertz CT molecular complexity index is 2170. The molecule has 0 rings (SSSR count). The van der Waals surface area contributed by atoms with Gasteiger partial charge in [-0.3, -0.25) is 125 Å². The summed E-state index contributed by atoms with van der Waals surface area (Å²) in [6, 6.07) is 0. The minimum Gasteiger partial charge on any atom is -0.481 e. The third kappa shape index (κ3) is 1170. The lowest BCUT2D eigenvalue weighted by Crippen LogP contribution is -1.90. The Kier molecular flexibility index (Phi) is 271. The zero-order chi connectivity index (χ0) is 118. The van der Waals surface area contributed by atoms with Crippen molar-refractivity contribution in [2.24, 2.45) is 0 Å². The molecule has 0 aromatic rings. The summed E-state index contributed by atoms with van der Waals surface area (Å²) in [6.07, 6.45) is 18.4. The fourth-order valence-corrected chi connectivity index (χ4v) is 3.85. The summed E-state index contributed by atoms with van der Waals surface area (Å²) < 4.78 is 0. The van der Waals surface area contributed by atoms with Gasteiger partial charge < -0.3 is 133 Å².